The summed E-state index contributed by atoms with van der Waals surface area (Å²) in [4.78, 5) is 2.57. The Morgan fingerprint density at radius 1 is 1.24 bits per heavy atom. The average molecular weight is 238 g/mol. The summed E-state index contributed by atoms with van der Waals surface area (Å²) in [5.74, 6) is 0.749. The first kappa shape index (κ1) is 11.9. The Bertz CT molecular complexity index is 270. The van der Waals surface area contributed by atoms with E-state index in [0.29, 0.717) is 5.41 Å². The van der Waals surface area contributed by atoms with Crippen LogP contribution in [0.4, 0.5) is 0 Å². The van der Waals surface area contributed by atoms with Crippen molar-refractivity contribution in [2.24, 2.45) is 11.3 Å². The summed E-state index contributed by atoms with van der Waals surface area (Å²) in [7, 11) is 0. The van der Waals surface area contributed by atoms with Crippen LogP contribution >= 0.6 is 0 Å². The molecule has 4 heterocycles. The fourth-order valence-electron chi connectivity index (χ4n) is 3.81. The second-order valence-electron chi connectivity index (χ2n) is 6.29. The van der Waals surface area contributed by atoms with Crippen LogP contribution in [0, 0.1) is 11.3 Å². The molecule has 98 valence electrons. The van der Waals surface area contributed by atoms with Gasteiger partial charge in [0, 0.05) is 24.4 Å². The predicted octanol–water partition coefficient (Wildman–Crippen LogP) is 1.83. The second-order valence-corrected chi connectivity index (χ2v) is 6.29. The van der Waals surface area contributed by atoms with Crippen LogP contribution < -0.4 is 5.32 Å². The zero-order valence-electron chi connectivity index (χ0n) is 11.3. The Morgan fingerprint density at radius 3 is 2.35 bits per heavy atom. The van der Waals surface area contributed by atoms with Gasteiger partial charge in [0.1, 0.15) is 5.72 Å². The third kappa shape index (κ3) is 1.83. The molecule has 1 N–H and O–H groups in total. The van der Waals surface area contributed by atoms with Gasteiger partial charge in [-0.3, -0.25) is 10.2 Å². The first-order valence-electron chi connectivity index (χ1n) is 7.33. The van der Waals surface area contributed by atoms with Crippen molar-refractivity contribution in [2.45, 2.75) is 45.3 Å². The summed E-state index contributed by atoms with van der Waals surface area (Å²) in [6.45, 7) is 10.4. The quantitative estimate of drug-likeness (QED) is 0.794. The lowest BCUT2D eigenvalue weighted by atomic mass is 9.76. The monoisotopic (exact) mass is 238 g/mol. The van der Waals surface area contributed by atoms with Crippen molar-refractivity contribution in [3.05, 3.63) is 0 Å². The molecule has 1 atom stereocenters. The summed E-state index contributed by atoms with van der Waals surface area (Å²) in [5.41, 5.74) is 0.390. The lowest BCUT2D eigenvalue weighted by molar-refractivity contribution is -0.217. The molecule has 0 aromatic carbocycles. The number of nitrogens with zero attached hydrogens (tertiary/aromatic N) is 1. The minimum atomic E-state index is 0.00431. The number of piperidine rings is 3. The number of rotatable bonds is 2. The third-order valence-corrected chi connectivity index (χ3v) is 5.60. The molecule has 17 heavy (non-hydrogen) atoms. The van der Waals surface area contributed by atoms with E-state index in [1.165, 1.54) is 38.8 Å². The smallest absolute Gasteiger partial charge is 0.134 e. The Labute approximate surface area is 105 Å². The van der Waals surface area contributed by atoms with Crippen LogP contribution in [0.5, 0.6) is 0 Å². The maximum Gasteiger partial charge on any atom is 0.134 e. The van der Waals surface area contributed by atoms with E-state index >= 15 is 0 Å². The van der Waals surface area contributed by atoms with E-state index < -0.39 is 0 Å². The van der Waals surface area contributed by atoms with Crippen molar-refractivity contribution >= 4 is 0 Å². The molecular weight excluding hydrogens is 212 g/mol. The first-order chi connectivity index (χ1) is 8.22. The number of hydrogen-bond donors (Lipinski definition) is 1. The lowest BCUT2D eigenvalue weighted by Crippen LogP contribution is -2.71. The predicted molar refractivity (Wildman–Crippen MR) is 68.9 cm³/mol. The van der Waals surface area contributed by atoms with Gasteiger partial charge < -0.3 is 4.74 Å². The van der Waals surface area contributed by atoms with Crippen molar-refractivity contribution in [1.82, 2.24) is 10.2 Å². The number of nitrogens with one attached hydrogen (secondary N) is 1. The largest absolute Gasteiger partial charge is 0.358 e. The van der Waals surface area contributed by atoms with Crippen LogP contribution in [0.2, 0.25) is 0 Å². The van der Waals surface area contributed by atoms with Gasteiger partial charge >= 0.3 is 0 Å². The van der Waals surface area contributed by atoms with Gasteiger partial charge in [0.2, 0.25) is 0 Å². The summed E-state index contributed by atoms with van der Waals surface area (Å²) in [5, 5.41) is 3.79. The molecule has 4 aliphatic rings. The molecule has 0 saturated carbocycles. The minimum Gasteiger partial charge on any atom is -0.358 e. The molecule has 0 aliphatic carbocycles. The fraction of sp³-hybridized carbons (Fsp3) is 1.00. The molecule has 0 amide bonds. The Kier molecular flexibility index (Phi) is 2.96. The molecule has 4 aliphatic heterocycles. The van der Waals surface area contributed by atoms with Crippen LogP contribution in [0.3, 0.4) is 0 Å². The highest BCUT2D eigenvalue weighted by atomic mass is 16.5. The Morgan fingerprint density at radius 2 is 1.94 bits per heavy atom. The number of ether oxygens (including phenoxy) is 1. The van der Waals surface area contributed by atoms with E-state index in [9.17, 15) is 0 Å². The van der Waals surface area contributed by atoms with E-state index in [1.807, 2.05) is 0 Å². The Hall–Kier alpha value is -0.120. The first-order valence-corrected chi connectivity index (χ1v) is 7.33. The van der Waals surface area contributed by atoms with Crippen LogP contribution in [-0.2, 0) is 4.74 Å². The van der Waals surface area contributed by atoms with Gasteiger partial charge in [0.05, 0.1) is 6.61 Å². The molecule has 4 rings (SSSR count). The van der Waals surface area contributed by atoms with E-state index in [0.717, 1.165) is 25.6 Å². The normalized spacial score (nSPS) is 44.1. The van der Waals surface area contributed by atoms with Gasteiger partial charge in [-0.2, -0.15) is 0 Å². The highest BCUT2D eigenvalue weighted by Crippen LogP contribution is 2.41. The molecular formula is C14H26N2O. The van der Waals surface area contributed by atoms with E-state index in [2.05, 4.69) is 24.1 Å². The van der Waals surface area contributed by atoms with Gasteiger partial charge in [0.15, 0.2) is 0 Å². The maximum atomic E-state index is 6.39. The van der Waals surface area contributed by atoms with Crippen molar-refractivity contribution in [1.29, 1.82) is 0 Å². The van der Waals surface area contributed by atoms with Crippen molar-refractivity contribution in [3.63, 3.8) is 0 Å². The van der Waals surface area contributed by atoms with Crippen molar-refractivity contribution in [2.75, 3.05) is 32.8 Å². The Balaban J connectivity index is 1.72. The zero-order valence-corrected chi connectivity index (χ0v) is 11.3. The average Bonchev–Trinajstić information content (AvgIpc) is 2.42. The van der Waals surface area contributed by atoms with Gasteiger partial charge in [-0.25, -0.2) is 0 Å². The summed E-state index contributed by atoms with van der Waals surface area (Å²) >= 11 is 0. The molecule has 3 nitrogen and oxygen atoms in total. The molecule has 0 radical (unpaired) electrons. The maximum absolute atomic E-state index is 6.39. The summed E-state index contributed by atoms with van der Waals surface area (Å²) in [6.07, 6.45) is 5.08. The van der Waals surface area contributed by atoms with E-state index in [4.69, 9.17) is 4.74 Å². The zero-order chi connectivity index (χ0) is 11.9. The second kappa shape index (κ2) is 4.22. The molecule has 4 saturated heterocycles. The van der Waals surface area contributed by atoms with Gasteiger partial charge in [0.25, 0.3) is 0 Å². The van der Waals surface area contributed by atoms with E-state index in [1.54, 1.807) is 0 Å². The van der Waals surface area contributed by atoms with Crippen LogP contribution in [0.25, 0.3) is 0 Å². The summed E-state index contributed by atoms with van der Waals surface area (Å²) < 4.78 is 6.39. The highest BCUT2D eigenvalue weighted by Gasteiger charge is 2.51. The van der Waals surface area contributed by atoms with Crippen LogP contribution in [0.15, 0.2) is 0 Å². The molecule has 1 spiro atoms. The fourth-order valence-corrected chi connectivity index (χ4v) is 3.81. The van der Waals surface area contributed by atoms with Gasteiger partial charge in [-0.1, -0.05) is 13.8 Å². The summed E-state index contributed by atoms with van der Waals surface area (Å²) in [6, 6.07) is 0. The van der Waals surface area contributed by atoms with Gasteiger partial charge in [-0.05, 0) is 38.8 Å². The molecule has 0 aromatic heterocycles. The van der Waals surface area contributed by atoms with Crippen LogP contribution in [0.1, 0.15) is 39.5 Å². The lowest BCUT2D eigenvalue weighted by Gasteiger charge is -2.57. The topological polar surface area (TPSA) is 24.5 Å². The third-order valence-electron chi connectivity index (χ3n) is 5.60. The molecule has 4 fully saturated rings. The standard InChI is InChI=1S/C14H26N2O/c1-3-13(4-2)9-15-14(17-11-13)10-16-7-5-12(14)6-8-16/h12,15H,3-11H2,1-2H3. The molecule has 2 bridgehead atoms. The van der Waals surface area contributed by atoms with Gasteiger partial charge in [-0.15, -0.1) is 0 Å². The molecule has 1 unspecified atom stereocenters. The van der Waals surface area contributed by atoms with Crippen LogP contribution in [-0.4, -0.2) is 43.4 Å². The number of fused-ring (bicyclic) bond motifs is 2. The molecule has 3 heteroatoms. The highest BCUT2D eigenvalue weighted by molar-refractivity contribution is 5.02. The molecule has 0 aromatic rings. The van der Waals surface area contributed by atoms with Crippen molar-refractivity contribution in [3.8, 4) is 0 Å². The van der Waals surface area contributed by atoms with E-state index in [-0.39, 0.29) is 5.72 Å². The van der Waals surface area contributed by atoms with Crippen molar-refractivity contribution < 1.29 is 4.74 Å². The SMILES string of the molecule is CCC1(CC)CNC2(CN3CCC2CC3)OC1. The minimum absolute atomic E-state index is 0.00431. The number of hydrogen-bond acceptors (Lipinski definition) is 3.